The topological polar surface area (TPSA) is 113 Å². The molecule has 0 fully saturated rings. The molecule has 0 aliphatic carbocycles. The van der Waals surface area contributed by atoms with Crippen molar-refractivity contribution in [3.63, 3.8) is 0 Å². The maximum absolute atomic E-state index is 13.6. The monoisotopic (exact) mass is 490 g/mol. The minimum atomic E-state index is -3.15. The fraction of sp³-hybridized carbons (Fsp3) is 0.217. The third-order valence-corrected chi connectivity index (χ3v) is 7.12. The van der Waals surface area contributed by atoms with Crippen molar-refractivity contribution in [1.29, 1.82) is 0 Å². The SMILES string of the molecule is C=S1(=O)N=C(c2c(O)c(C(C)(C)C)n(Cc3ccc(F)c(Cl)c3)c2O)Nc2ccc(N)cc21. The molecule has 10 heteroatoms. The van der Waals surface area contributed by atoms with Crippen molar-refractivity contribution in [2.24, 2.45) is 4.40 Å². The van der Waals surface area contributed by atoms with Crippen molar-refractivity contribution in [3.05, 3.63) is 64.1 Å². The molecule has 1 aliphatic rings. The number of nitrogens with one attached hydrogen (secondary N) is 1. The first-order valence-corrected chi connectivity index (χ1v) is 12.1. The molecule has 0 spiro atoms. The van der Waals surface area contributed by atoms with E-state index in [1.165, 1.54) is 22.8 Å². The summed E-state index contributed by atoms with van der Waals surface area (Å²) >= 11 is 5.93. The molecule has 0 saturated carbocycles. The van der Waals surface area contributed by atoms with Gasteiger partial charge in [-0.1, -0.05) is 38.4 Å². The zero-order valence-corrected chi connectivity index (χ0v) is 19.9. The van der Waals surface area contributed by atoms with Crippen LogP contribution < -0.4 is 11.1 Å². The van der Waals surface area contributed by atoms with Gasteiger partial charge in [0.25, 0.3) is 0 Å². The fourth-order valence-corrected chi connectivity index (χ4v) is 5.42. The molecule has 1 unspecified atom stereocenters. The number of hydrogen-bond donors (Lipinski definition) is 4. The van der Waals surface area contributed by atoms with E-state index in [4.69, 9.17) is 17.3 Å². The molecule has 174 valence electrons. The maximum atomic E-state index is 13.6. The van der Waals surface area contributed by atoms with Crippen LogP contribution in [0, 0.1) is 5.82 Å². The Balaban J connectivity index is 1.89. The number of aromatic hydroxyl groups is 2. The lowest BCUT2D eigenvalue weighted by atomic mass is 9.91. The number of benzene rings is 2. The highest BCUT2D eigenvalue weighted by Gasteiger charge is 2.34. The van der Waals surface area contributed by atoms with E-state index in [-0.39, 0.29) is 34.6 Å². The number of nitrogens with two attached hydrogens (primary N) is 1. The largest absolute Gasteiger partial charge is 0.505 e. The van der Waals surface area contributed by atoms with Crippen LogP contribution in [0.2, 0.25) is 5.02 Å². The summed E-state index contributed by atoms with van der Waals surface area (Å²) in [6.45, 7) is 5.72. The Morgan fingerprint density at radius 1 is 1.24 bits per heavy atom. The van der Waals surface area contributed by atoms with Crippen LogP contribution >= 0.6 is 11.6 Å². The summed E-state index contributed by atoms with van der Waals surface area (Å²) in [5, 5.41) is 25.4. The van der Waals surface area contributed by atoms with Crippen molar-refractivity contribution >= 4 is 44.4 Å². The number of hydrogen-bond acceptors (Lipinski definition) is 5. The molecule has 0 radical (unpaired) electrons. The summed E-state index contributed by atoms with van der Waals surface area (Å²) in [5.41, 5.74) is 7.11. The average molecular weight is 491 g/mol. The lowest BCUT2D eigenvalue weighted by molar-refractivity contribution is 0.401. The van der Waals surface area contributed by atoms with E-state index in [1.54, 1.807) is 18.2 Å². The summed E-state index contributed by atoms with van der Waals surface area (Å²) in [6.07, 6.45) is 0. The molecule has 33 heavy (non-hydrogen) atoms. The summed E-state index contributed by atoms with van der Waals surface area (Å²) < 4.78 is 32.6. The van der Waals surface area contributed by atoms with Crippen LogP contribution in [0.4, 0.5) is 15.8 Å². The summed E-state index contributed by atoms with van der Waals surface area (Å²) in [7, 11) is -3.15. The Kier molecular flexibility index (Phi) is 5.37. The van der Waals surface area contributed by atoms with Gasteiger partial charge in [0, 0.05) is 11.1 Å². The zero-order valence-electron chi connectivity index (χ0n) is 18.3. The highest BCUT2D eigenvalue weighted by Crippen LogP contribution is 2.43. The first kappa shape index (κ1) is 23.0. The molecule has 1 aliphatic heterocycles. The van der Waals surface area contributed by atoms with Gasteiger partial charge in [-0.25, -0.2) is 8.60 Å². The quantitative estimate of drug-likeness (QED) is 0.319. The van der Waals surface area contributed by atoms with Crippen LogP contribution in [0.25, 0.3) is 0 Å². The molecule has 0 saturated heterocycles. The van der Waals surface area contributed by atoms with Gasteiger partial charge in [0.2, 0.25) is 5.88 Å². The van der Waals surface area contributed by atoms with Crippen LogP contribution in [0.5, 0.6) is 11.6 Å². The number of aromatic nitrogens is 1. The number of halogens is 2. The summed E-state index contributed by atoms with van der Waals surface area (Å²) in [6, 6.07) is 9.04. The van der Waals surface area contributed by atoms with Gasteiger partial charge < -0.3 is 25.8 Å². The average Bonchev–Trinajstić information content (AvgIpc) is 2.94. The van der Waals surface area contributed by atoms with Gasteiger partial charge in [0.1, 0.15) is 11.4 Å². The van der Waals surface area contributed by atoms with E-state index in [0.29, 0.717) is 27.5 Å². The zero-order chi connectivity index (χ0) is 24.3. The third kappa shape index (κ3) is 4.02. The van der Waals surface area contributed by atoms with Gasteiger partial charge in [0.05, 0.1) is 37.6 Å². The predicted octanol–water partition coefficient (Wildman–Crippen LogP) is 4.48. The van der Waals surface area contributed by atoms with E-state index >= 15 is 0 Å². The van der Waals surface area contributed by atoms with Gasteiger partial charge in [-0.3, -0.25) is 0 Å². The standard InChI is InChI=1S/C23H24ClFN4O3S/c1-23(2,3)20-19(30)18(22(31)29(20)11-12-5-7-15(25)14(24)9-12)21-27-16-8-6-13(26)10-17(16)33(4,32)28-21/h5-10,30-31H,4,11,26H2,1-3H3,(H,27,28,32). The number of anilines is 2. The van der Waals surface area contributed by atoms with Crippen LogP contribution in [-0.2, 0) is 21.7 Å². The van der Waals surface area contributed by atoms with E-state index in [9.17, 15) is 18.8 Å². The maximum Gasteiger partial charge on any atom is 0.206 e. The van der Waals surface area contributed by atoms with Crippen molar-refractivity contribution in [1.82, 2.24) is 4.57 Å². The number of nitrogen functional groups attached to an aromatic ring is 1. The molecule has 2 aromatic carbocycles. The third-order valence-electron chi connectivity index (χ3n) is 5.32. The highest BCUT2D eigenvalue weighted by molar-refractivity contribution is 7.99. The Morgan fingerprint density at radius 2 is 1.94 bits per heavy atom. The number of amidine groups is 1. The van der Waals surface area contributed by atoms with Gasteiger partial charge in [-0.2, -0.15) is 4.40 Å². The Morgan fingerprint density at radius 3 is 2.58 bits per heavy atom. The van der Waals surface area contributed by atoms with Crippen molar-refractivity contribution < 1.29 is 18.8 Å². The Bertz CT molecular complexity index is 1420. The molecule has 4 rings (SSSR count). The van der Waals surface area contributed by atoms with E-state index in [0.717, 1.165) is 0 Å². The Hall–Kier alpha value is -3.17. The van der Waals surface area contributed by atoms with Gasteiger partial charge in [-0.05, 0) is 41.8 Å². The van der Waals surface area contributed by atoms with Gasteiger partial charge >= 0.3 is 0 Å². The number of fused-ring (bicyclic) bond motifs is 1. The lowest BCUT2D eigenvalue weighted by Gasteiger charge is -2.22. The van der Waals surface area contributed by atoms with E-state index in [2.05, 4.69) is 15.6 Å². The molecule has 0 amide bonds. The Labute approximate surface area is 196 Å². The highest BCUT2D eigenvalue weighted by atomic mass is 35.5. The minimum absolute atomic E-state index is 0.00742. The molecule has 5 N–H and O–H groups in total. The van der Waals surface area contributed by atoms with Gasteiger partial charge in [-0.15, -0.1) is 0 Å². The number of rotatable bonds is 3. The summed E-state index contributed by atoms with van der Waals surface area (Å²) in [5.74, 6) is 2.69. The molecule has 0 bridgehead atoms. The molecule has 1 atom stereocenters. The second-order valence-electron chi connectivity index (χ2n) is 8.94. The van der Waals surface area contributed by atoms with Crippen molar-refractivity contribution in [2.75, 3.05) is 11.1 Å². The normalized spacial score (nSPS) is 17.9. The first-order chi connectivity index (χ1) is 15.3. The minimum Gasteiger partial charge on any atom is -0.505 e. The lowest BCUT2D eigenvalue weighted by Crippen LogP contribution is -2.22. The number of nitrogens with zero attached hydrogens (tertiary/aromatic N) is 2. The van der Waals surface area contributed by atoms with Gasteiger partial charge in [0.15, 0.2) is 11.6 Å². The molecular formula is C23H24ClFN4O3S. The van der Waals surface area contributed by atoms with Crippen LogP contribution in [-0.4, -0.2) is 30.7 Å². The summed E-state index contributed by atoms with van der Waals surface area (Å²) in [4.78, 5) is 0.335. The predicted molar refractivity (Wildman–Crippen MR) is 132 cm³/mol. The van der Waals surface area contributed by atoms with Crippen LogP contribution in [0.1, 0.15) is 37.6 Å². The van der Waals surface area contributed by atoms with E-state index in [1.807, 2.05) is 20.8 Å². The van der Waals surface area contributed by atoms with Crippen LogP contribution in [0.15, 0.2) is 45.7 Å². The molecule has 1 aromatic heterocycles. The first-order valence-electron chi connectivity index (χ1n) is 10.0. The second-order valence-corrected chi connectivity index (χ2v) is 11.3. The molecule has 7 nitrogen and oxygen atoms in total. The molecule has 3 aromatic rings. The molecule has 2 heterocycles. The molecular weight excluding hydrogens is 467 g/mol. The van der Waals surface area contributed by atoms with Crippen LogP contribution in [0.3, 0.4) is 0 Å². The van der Waals surface area contributed by atoms with Crippen molar-refractivity contribution in [3.8, 4) is 11.6 Å². The second kappa shape index (κ2) is 7.71. The fourth-order valence-electron chi connectivity index (χ4n) is 3.91. The van der Waals surface area contributed by atoms with E-state index < -0.39 is 20.9 Å². The smallest absolute Gasteiger partial charge is 0.206 e. The van der Waals surface area contributed by atoms with Crippen molar-refractivity contribution in [2.45, 2.75) is 37.6 Å².